The number of halogens is 1. The van der Waals surface area contributed by atoms with Crippen LogP contribution in [-0.4, -0.2) is 11.1 Å². The number of benzene rings is 2. The van der Waals surface area contributed by atoms with Gasteiger partial charge >= 0.3 is 5.97 Å². The minimum Gasteiger partial charge on any atom is -0.478 e. The molecule has 2 N–H and O–H groups in total. The summed E-state index contributed by atoms with van der Waals surface area (Å²) in [7, 11) is 0. The summed E-state index contributed by atoms with van der Waals surface area (Å²) in [5.41, 5.74) is 1.56. The fourth-order valence-electron chi connectivity index (χ4n) is 1.57. The van der Waals surface area contributed by atoms with E-state index in [1.165, 1.54) is 18.2 Å². The molecule has 0 fully saturated rings. The van der Waals surface area contributed by atoms with E-state index in [9.17, 15) is 9.18 Å². The number of carboxylic acids is 1. The molecule has 0 atom stereocenters. The molecule has 0 spiro atoms. The number of carboxylic acid groups (broad SMARTS) is 1. The van der Waals surface area contributed by atoms with Gasteiger partial charge in [-0.1, -0.05) is 38.1 Å². The molecular weight excluding hydrogens is 257 g/mol. The molecule has 0 aliphatic heterocycles. The van der Waals surface area contributed by atoms with Gasteiger partial charge in [0.05, 0.1) is 11.3 Å². The van der Waals surface area contributed by atoms with E-state index in [0.717, 1.165) is 5.56 Å². The monoisotopic (exact) mass is 275 g/mol. The van der Waals surface area contributed by atoms with E-state index in [1.54, 1.807) is 30.3 Å². The number of hydrogen-bond donors (Lipinski definition) is 2. The van der Waals surface area contributed by atoms with Gasteiger partial charge in [-0.05, 0) is 29.8 Å². The molecule has 0 heterocycles. The van der Waals surface area contributed by atoms with Gasteiger partial charge in [-0.3, -0.25) is 0 Å². The van der Waals surface area contributed by atoms with Crippen molar-refractivity contribution in [2.75, 3.05) is 5.32 Å². The largest absolute Gasteiger partial charge is 0.478 e. The third-order valence-electron chi connectivity index (χ3n) is 2.56. The topological polar surface area (TPSA) is 49.3 Å². The zero-order valence-corrected chi connectivity index (χ0v) is 11.6. The molecule has 0 radical (unpaired) electrons. The molecule has 4 heteroatoms. The van der Waals surface area contributed by atoms with Gasteiger partial charge in [0.25, 0.3) is 0 Å². The van der Waals surface area contributed by atoms with Crippen molar-refractivity contribution in [1.82, 2.24) is 0 Å². The van der Waals surface area contributed by atoms with Crippen molar-refractivity contribution < 1.29 is 14.3 Å². The van der Waals surface area contributed by atoms with Crippen molar-refractivity contribution in [3.8, 4) is 0 Å². The number of aromatic carboxylic acids is 1. The summed E-state index contributed by atoms with van der Waals surface area (Å²) in [6, 6.07) is 12.9. The van der Waals surface area contributed by atoms with Crippen LogP contribution in [0.2, 0.25) is 0 Å². The van der Waals surface area contributed by atoms with Crippen molar-refractivity contribution in [2.45, 2.75) is 20.4 Å². The highest BCUT2D eigenvalue weighted by atomic mass is 19.1. The predicted octanol–water partition coefficient (Wildman–Crippen LogP) is 4.16. The first-order chi connectivity index (χ1) is 9.66. The first-order valence-corrected chi connectivity index (χ1v) is 6.47. The van der Waals surface area contributed by atoms with Crippen LogP contribution >= 0.6 is 0 Å². The molecule has 0 saturated heterocycles. The van der Waals surface area contributed by atoms with Crippen LogP contribution < -0.4 is 5.32 Å². The maximum atomic E-state index is 13.3. The standard InChI is InChI=1S/C14H12FNO2.C2H6/c15-12-3-1-2-4-13(12)16-9-10-5-7-11(8-6-10)14(17)18;1-2/h1-8,16H,9H2,(H,17,18);1-2H3. The Morgan fingerprint density at radius 2 is 1.70 bits per heavy atom. The second-order valence-corrected chi connectivity index (χ2v) is 3.84. The molecule has 3 nitrogen and oxygen atoms in total. The van der Waals surface area contributed by atoms with Crippen molar-refractivity contribution >= 4 is 11.7 Å². The predicted molar refractivity (Wildman–Crippen MR) is 78.5 cm³/mol. The Bertz CT molecular complexity index is 553. The van der Waals surface area contributed by atoms with E-state index in [2.05, 4.69) is 5.32 Å². The summed E-state index contributed by atoms with van der Waals surface area (Å²) >= 11 is 0. The van der Waals surface area contributed by atoms with Crippen molar-refractivity contribution in [3.05, 3.63) is 65.5 Å². The maximum Gasteiger partial charge on any atom is 0.335 e. The lowest BCUT2D eigenvalue weighted by Gasteiger charge is -2.07. The Hall–Kier alpha value is -2.36. The van der Waals surface area contributed by atoms with Gasteiger partial charge in [0.2, 0.25) is 0 Å². The van der Waals surface area contributed by atoms with Gasteiger partial charge in [0, 0.05) is 6.54 Å². The van der Waals surface area contributed by atoms with Crippen LogP contribution in [0.5, 0.6) is 0 Å². The molecule has 2 aromatic rings. The summed E-state index contributed by atoms with van der Waals surface area (Å²) < 4.78 is 13.3. The molecule has 0 bridgehead atoms. The SMILES string of the molecule is CC.O=C(O)c1ccc(CNc2ccccc2F)cc1. The molecule has 0 aromatic heterocycles. The first-order valence-electron chi connectivity index (χ1n) is 6.47. The van der Waals surface area contributed by atoms with Gasteiger partial charge in [-0.2, -0.15) is 0 Å². The van der Waals surface area contributed by atoms with Crippen molar-refractivity contribution in [2.24, 2.45) is 0 Å². The molecule has 0 aliphatic carbocycles. The fourth-order valence-corrected chi connectivity index (χ4v) is 1.57. The third-order valence-corrected chi connectivity index (χ3v) is 2.56. The molecule has 0 aliphatic rings. The Kier molecular flexibility index (Phi) is 6.23. The van der Waals surface area contributed by atoms with Crippen LogP contribution in [0.4, 0.5) is 10.1 Å². The van der Waals surface area contributed by atoms with Crippen LogP contribution in [0.15, 0.2) is 48.5 Å². The average molecular weight is 275 g/mol. The minimum absolute atomic E-state index is 0.240. The minimum atomic E-state index is -0.955. The van der Waals surface area contributed by atoms with Gasteiger partial charge < -0.3 is 10.4 Å². The second-order valence-electron chi connectivity index (χ2n) is 3.84. The average Bonchev–Trinajstić information content (AvgIpc) is 2.49. The van der Waals surface area contributed by atoms with Gasteiger partial charge in [-0.25, -0.2) is 9.18 Å². The van der Waals surface area contributed by atoms with E-state index in [1.807, 2.05) is 13.8 Å². The zero-order valence-electron chi connectivity index (χ0n) is 11.6. The van der Waals surface area contributed by atoms with Crippen molar-refractivity contribution in [1.29, 1.82) is 0 Å². The Balaban J connectivity index is 0.000000956. The number of anilines is 1. The Morgan fingerprint density at radius 3 is 2.25 bits per heavy atom. The van der Waals surface area contributed by atoms with E-state index in [4.69, 9.17) is 5.11 Å². The van der Waals surface area contributed by atoms with Crippen molar-refractivity contribution in [3.63, 3.8) is 0 Å². The van der Waals surface area contributed by atoms with Crippen LogP contribution in [0.1, 0.15) is 29.8 Å². The van der Waals surface area contributed by atoms with E-state index in [0.29, 0.717) is 12.2 Å². The molecule has 20 heavy (non-hydrogen) atoms. The molecule has 0 amide bonds. The van der Waals surface area contributed by atoms with Crippen LogP contribution in [0.3, 0.4) is 0 Å². The molecule has 0 saturated carbocycles. The first kappa shape index (κ1) is 15.7. The van der Waals surface area contributed by atoms with Gasteiger partial charge in [-0.15, -0.1) is 0 Å². The van der Waals surface area contributed by atoms with E-state index < -0.39 is 5.97 Å². The number of para-hydroxylation sites is 1. The molecule has 0 unspecified atom stereocenters. The van der Waals surface area contributed by atoms with Crippen LogP contribution in [0, 0.1) is 5.82 Å². The Labute approximate surface area is 118 Å². The summed E-state index contributed by atoms with van der Waals surface area (Å²) in [5, 5.41) is 11.7. The summed E-state index contributed by atoms with van der Waals surface area (Å²) in [6.07, 6.45) is 0. The molecule has 106 valence electrons. The normalized spacial score (nSPS) is 9.35. The van der Waals surface area contributed by atoms with E-state index in [-0.39, 0.29) is 11.4 Å². The molecular formula is C16H18FNO2. The highest BCUT2D eigenvalue weighted by Crippen LogP contribution is 2.14. The second kappa shape index (κ2) is 7.94. The van der Waals surface area contributed by atoms with Gasteiger partial charge in [0.15, 0.2) is 0 Å². The summed E-state index contributed by atoms with van der Waals surface area (Å²) in [4.78, 5) is 10.7. The summed E-state index contributed by atoms with van der Waals surface area (Å²) in [6.45, 7) is 4.45. The lowest BCUT2D eigenvalue weighted by Crippen LogP contribution is -2.02. The summed E-state index contributed by atoms with van der Waals surface area (Å²) in [5.74, 6) is -1.26. The number of nitrogens with one attached hydrogen (secondary N) is 1. The lowest BCUT2D eigenvalue weighted by atomic mass is 10.1. The maximum absolute atomic E-state index is 13.3. The van der Waals surface area contributed by atoms with E-state index >= 15 is 0 Å². The number of hydrogen-bond acceptors (Lipinski definition) is 2. The fraction of sp³-hybridized carbons (Fsp3) is 0.188. The Morgan fingerprint density at radius 1 is 1.10 bits per heavy atom. The number of rotatable bonds is 4. The third kappa shape index (κ3) is 4.39. The number of carbonyl (C=O) groups is 1. The smallest absolute Gasteiger partial charge is 0.335 e. The molecule has 2 aromatic carbocycles. The highest BCUT2D eigenvalue weighted by molar-refractivity contribution is 5.87. The van der Waals surface area contributed by atoms with Gasteiger partial charge in [0.1, 0.15) is 5.82 Å². The van der Waals surface area contributed by atoms with Crippen LogP contribution in [0.25, 0.3) is 0 Å². The highest BCUT2D eigenvalue weighted by Gasteiger charge is 2.03. The molecule has 2 rings (SSSR count). The zero-order chi connectivity index (χ0) is 15.0. The van der Waals surface area contributed by atoms with Crippen LogP contribution in [-0.2, 0) is 6.54 Å². The quantitative estimate of drug-likeness (QED) is 0.880. The lowest BCUT2D eigenvalue weighted by molar-refractivity contribution is 0.0697.